The second-order valence-corrected chi connectivity index (χ2v) is 10.6. The highest BCUT2D eigenvalue weighted by Crippen LogP contribution is 2.37. The molecule has 10 heteroatoms. The number of halogens is 1. The fraction of sp³-hybridized carbons (Fsp3) is 0.357. The van der Waals surface area contributed by atoms with Crippen LogP contribution < -0.4 is 16.4 Å². The van der Waals surface area contributed by atoms with Gasteiger partial charge in [-0.2, -0.15) is 0 Å². The molecule has 1 heterocycles. The average molecular weight is 539 g/mol. The van der Waals surface area contributed by atoms with Gasteiger partial charge in [-0.05, 0) is 48.1 Å². The number of carboxylic acids is 1. The molecule has 2 atom stereocenters. The van der Waals surface area contributed by atoms with E-state index >= 15 is 0 Å². The number of aromatic nitrogens is 1. The van der Waals surface area contributed by atoms with Crippen molar-refractivity contribution >= 4 is 46.2 Å². The van der Waals surface area contributed by atoms with Crippen molar-refractivity contribution < 1.29 is 24.3 Å². The zero-order chi connectivity index (χ0) is 27.6. The van der Waals surface area contributed by atoms with E-state index in [1.54, 1.807) is 42.7 Å². The molecule has 1 aliphatic carbocycles. The molecule has 1 aromatic heterocycles. The fourth-order valence-corrected chi connectivity index (χ4v) is 5.38. The van der Waals surface area contributed by atoms with E-state index in [1.165, 1.54) is 0 Å². The number of nitrogens with one attached hydrogen (secondary N) is 2. The van der Waals surface area contributed by atoms with Crippen LogP contribution in [0.15, 0.2) is 48.5 Å². The van der Waals surface area contributed by atoms with Gasteiger partial charge in [0.15, 0.2) is 0 Å². The first-order valence-corrected chi connectivity index (χ1v) is 12.8. The molecular weight excluding hydrogens is 508 g/mol. The zero-order valence-electron chi connectivity index (χ0n) is 21.3. The highest BCUT2D eigenvalue weighted by Gasteiger charge is 2.45. The number of hydrogen-bond acceptors (Lipinski definition) is 4. The summed E-state index contributed by atoms with van der Waals surface area (Å²) in [7, 11) is 0. The summed E-state index contributed by atoms with van der Waals surface area (Å²) in [5, 5.41) is 16.6. The number of primary amides is 1. The third-order valence-corrected chi connectivity index (χ3v) is 7.36. The van der Waals surface area contributed by atoms with E-state index in [2.05, 4.69) is 10.6 Å². The summed E-state index contributed by atoms with van der Waals surface area (Å²) in [4.78, 5) is 50.8. The Hall–Kier alpha value is -3.85. The molecule has 4 rings (SSSR count). The average Bonchev–Trinajstić information content (AvgIpc) is 3.15. The van der Waals surface area contributed by atoms with Crippen LogP contribution in [0.1, 0.15) is 37.1 Å². The Morgan fingerprint density at radius 3 is 2.42 bits per heavy atom. The molecule has 0 aliphatic heterocycles. The van der Waals surface area contributed by atoms with Crippen molar-refractivity contribution in [2.24, 2.45) is 11.7 Å². The van der Waals surface area contributed by atoms with Gasteiger partial charge in [-0.15, -0.1) is 0 Å². The monoisotopic (exact) mass is 538 g/mol. The summed E-state index contributed by atoms with van der Waals surface area (Å²) >= 11 is 5.97. The molecule has 3 aromatic rings. The Balaban J connectivity index is 1.73. The minimum Gasteiger partial charge on any atom is -0.480 e. The predicted molar refractivity (Wildman–Crippen MR) is 144 cm³/mol. The van der Waals surface area contributed by atoms with E-state index in [-0.39, 0.29) is 37.6 Å². The lowest BCUT2D eigenvalue weighted by molar-refractivity contribution is -0.137. The Bertz CT molecular complexity index is 1400. The van der Waals surface area contributed by atoms with Crippen molar-refractivity contribution in [2.45, 2.75) is 57.7 Å². The SMILES string of the molecule is CC(C)[C@H](NC(=O)[C@@]1(NC(=O)Cc2ccc(Cl)cc2)CCc2c(c3ccccc3n2CC(=O)O)C1)C(N)=O. The zero-order valence-corrected chi connectivity index (χ0v) is 22.0. The maximum absolute atomic E-state index is 13.9. The Morgan fingerprint density at radius 1 is 1.11 bits per heavy atom. The first-order valence-electron chi connectivity index (χ1n) is 12.5. The topological polar surface area (TPSA) is 144 Å². The lowest BCUT2D eigenvalue weighted by Gasteiger charge is -2.38. The number of nitrogens with two attached hydrogens (primary N) is 1. The third-order valence-electron chi connectivity index (χ3n) is 7.11. The smallest absolute Gasteiger partial charge is 0.323 e. The van der Waals surface area contributed by atoms with Gasteiger partial charge >= 0.3 is 5.97 Å². The van der Waals surface area contributed by atoms with Crippen LogP contribution in [-0.2, 0) is 45.0 Å². The van der Waals surface area contributed by atoms with E-state index in [1.807, 2.05) is 24.3 Å². The standard InChI is InChI=1S/C28H31ClN4O5/c1-16(2)25(26(30)37)31-27(38)28(32-23(34)13-17-7-9-18(29)10-8-17)12-11-22-20(14-28)19-5-3-4-6-21(19)33(22)15-24(35)36/h3-10,16,25H,11-15H2,1-2H3,(H2,30,37)(H,31,38)(H,32,34)(H,35,36)/t25-,28+/m0/s1. The first kappa shape index (κ1) is 27.2. The molecule has 200 valence electrons. The number of rotatable bonds is 9. The Morgan fingerprint density at radius 2 is 1.79 bits per heavy atom. The van der Waals surface area contributed by atoms with E-state index in [0.29, 0.717) is 11.4 Å². The van der Waals surface area contributed by atoms with Crippen molar-refractivity contribution in [3.8, 4) is 0 Å². The minimum atomic E-state index is -1.36. The predicted octanol–water partition coefficient (Wildman–Crippen LogP) is 2.59. The molecule has 3 amide bonds. The van der Waals surface area contributed by atoms with Crippen LogP contribution in [-0.4, -0.2) is 44.9 Å². The molecule has 1 aliphatic rings. The van der Waals surface area contributed by atoms with Crippen LogP contribution in [0.4, 0.5) is 0 Å². The van der Waals surface area contributed by atoms with Crippen LogP contribution in [0.25, 0.3) is 10.9 Å². The van der Waals surface area contributed by atoms with Crippen LogP contribution >= 0.6 is 11.6 Å². The lowest BCUT2D eigenvalue weighted by Crippen LogP contribution is -2.64. The summed E-state index contributed by atoms with van der Waals surface area (Å²) in [6.45, 7) is 3.34. The van der Waals surface area contributed by atoms with Crippen LogP contribution in [0.2, 0.25) is 5.02 Å². The first-order chi connectivity index (χ1) is 18.0. The highest BCUT2D eigenvalue weighted by atomic mass is 35.5. The summed E-state index contributed by atoms with van der Waals surface area (Å²) < 4.78 is 1.75. The quantitative estimate of drug-likeness (QED) is 0.331. The van der Waals surface area contributed by atoms with Gasteiger partial charge in [0, 0.05) is 28.0 Å². The van der Waals surface area contributed by atoms with Gasteiger partial charge in [-0.25, -0.2) is 0 Å². The van der Waals surface area contributed by atoms with Gasteiger partial charge in [0.25, 0.3) is 0 Å². The van der Waals surface area contributed by atoms with Crippen LogP contribution in [0.3, 0.4) is 0 Å². The number of para-hydroxylation sites is 1. The molecule has 2 aromatic carbocycles. The van der Waals surface area contributed by atoms with Crippen LogP contribution in [0.5, 0.6) is 0 Å². The van der Waals surface area contributed by atoms with Crippen molar-refractivity contribution in [3.63, 3.8) is 0 Å². The maximum Gasteiger partial charge on any atom is 0.323 e. The van der Waals surface area contributed by atoms with E-state index < -0.39 is 29.4 Å². The second-order valence-electron chi connectivity index (χ2n) is 10.1. The van der Waals surface area contributed by atoms with Crippen molar-refractivity contribution in [1.29, 1.82) is 0 Å². The number of carboxylic acid groups (broad SMARTS) is 1. The molecule has 0 unspecified atom stereocenters. The van der Waals surface area contributed by atoms with Crippen molar-refractivity contribution in [3.05, 3.63) is 70.4 Å². The summed E-state index contributed by atoms with van der Waals surface area (Å²) in [6, 6.07) is 13.4. The molecule has 0 bridgehead atoms. The molecule has 0 spiro atoms. The number of benzene rings is 2. The van der Waals surface area contributed by atoms with E-state index in [9.17, 15) is 24.3 Å². The second kappa shape index (κ2) is 10.9. The molecule has 0 saturated carbocycles. The molecule has 0 radical (unpaired) electrons. The van der Waals surface area contributed by atoms with Crippen molar-refractivity contribution in [1.82, 2.24) is 15.2 Å². The number of hydrogen-bond donors (Lipinski definition) is 4. The number of nitrogens with zero attached hydrogens (tertiary/aromatic N) is 1. The molecule has 38 heavy (non-hydrogen) atoms. The number of aliphatic carboxylic acids is 1. The molecule has 0 saturated heterocycles. The summed E-state index contributed by atoms with van der Waals surface area (Å²) in [5.41, 5.74) is 7.30. The van der Waals surface area contributed by atoms with Gasteiger partial charge in [-0.1, -0.05) is 55.8 Å². The fourth-order valence-electron chi connectivity index (χ4n) is 5.25. The number of amides is 3. The lowest BCUT2D eigenvalue weighted by atomic mass is 9.78. The number of carbonyl (C=O) groups is 4. The molecule has 0 fully saturated rings. The van der Waals surface area contributed by atoms with Crippen molar-refractivity contribution in [2.75, 3.05) is 0 Å². The Labute approximate surface area is 225 Å². The summed E-state index contributed by atoms with van der Waals surface area (Å²) in [5.74, 6) is -2.75. The molecule has 9 nitrogen and oxygen atoms in total. The largest absolute Gasteiger partial charge is 0.480 e. The minimum absolute atomic E-state index is 0.0310. The van der Waals surface area contributed by atoms with E-state index in [4.69, 9.17) is 17.3 Å². The van der Waals surface area contributed by atoms with E-state index in [0.717, 1.165) is 27.7 Å². The number of carbonyl (C=O) groups excluding carboxylic acids is 3. The molecule has 5 N–H and O–H groups in total. The normalized spacial score (nSPS) is 17.6. The Kier molecular flexibility index (Phi) is 7.78. The maximum atomic E-state index is 13.9. The van der Waals surface area contributed by atoms with Gasteiger partial charge in [0.05, 0.1) is 6.42 Å². The van der Waals surface area contributed by atoms with Gasteiger partial charge in [-0.3, -0.25) is 19.2 Å². The summed E-state index contributed by atoms with van der Waals surface area (Å²) in [6.07, 6.45) is 0.743. The third kappa shape index (κ3) is 5.52. The number of fused-ring (bicyclic) bond motifs is 3. The van der Waals surface area contributed by atoms with Gasteiger partial charge < -0.3 is 26.0 Å². The van der Waals surface area contributed by atoms with Gasteiger partial charge in [0.1, 0.15) is 18.1 Å². The highest BCUT2D eigenvalue weighted by molar-refractivity contribution is 6.30. The van der Waals surface area contributed by atoms with Crippen LogP contribution in [0, 0.1) is 5.92 Å². The van der Waals surface area contributed by atoms with Gasteiger partial charge in [0.2, 0.25) is 17.7 Å². The molecular formula is C28H31ClN4O5.